The van der Waals surface area contributed by atoms with Crippen LogP contribution in [0.5, 0.6) is 0 Å². The Bertz CT molecular complexity index is 508. The number of carbonyl (C=O) groups is 2. The predicted molar refractivity (Wildman–Crippen MR) is 77.4 cm³/mol. The smallest absolute Gasteiger partial charge is 0.305 e. The van der Waals surface area contributed by atoms with E-state index in [1.54, 1.807) is 24.3 Å². The summed E-state index contributed by atoms with van der Waals surface area (Å²) in [5.41, 5.74) is 0.659. The van der Waals surface area contributed by atoms with Gasteiger partial charge in [-0.3, -0.25) is 9.59 Å². The molecule has 0 saturated heterocycles. The van der Waals surface area contributed by atoms with E-state index in [1.165, 1.54) is 4.90 Å². The number of amides is 1. The number of nitrogens with zero attached hydrogens (tertiary/aromatic N) is 2. The van der Waals surface area contributed by atoms with Gasteiger partial charge in [-0.15, -0.1) is 0 Å². The third-order valence-electron chi connectivity index (χ3n) is 2.63. The molecule has 1 N–H and O–H groups in total. The van der Waals surface area contributed by atoms with Gasteiger partial charge in [0.2, 0.25) is 5.91 Å². The lowest BCUT2D eigenvalue weighted by Crippen LogP contribution is -2.32. The van der Waals surface area contributed by atoms with Gasteiger partial charge in [0, 0.05) is 23.5 Å². The minimum absolute atomic E-state index is 0.0885. The molecule has 0 radical (unpaired) electrons. The quantitative estimate of drug-likeness (QED) is 0.617. The number of carboxylic acid groups (broad SMARTS) is 1. The van der Waals surface area contributed by atoms with Crippen LogP contribution in [0.4, 0.5) is 5.69 Å². The second kappa shape index (κ2) is 8.23. The standard InChI is InChI=1S/C14H16N2O3S/c1-2-3-13(17)16(9-8-14(18)19)11-4-6-12(7-5-11)20-10-15/h4-7H,2-3,8-9H2,1H3,(H,18,19). The molecule has 0 aromatic heterocycles. The fraction of sp³-hybridized carbons (Fsp3) is 0.357. The van der Waals surface area contributed by atoms with Crippen molar-refractivity contribution < 1.29 is 14.7 Å². The highest BCUT2D eigenvalue weighted by Crippen LogP contribution is 2.22. The molecule has 6 heteroatoms. The van der Waals surface area contributed by atoms with E-state index in [-0.39, 0.29) is 18.9 Å². The van der Waals surface area contributed by atoms with Crippen molar-refractivity contribution >= 4 is 29.3 Å². The topological polar surface area (TPSA) is 81.4 Å². The molecule has 0 aliphatic carbocycles. The van der Waals surface area contributed by atoms with Gasteiger partial charge < -0.3 is 10.0 Å². The van der Waals surface area contributed by atoms with Crippen molar-refractivity contribution in [1.82, 2.24) is 0 Å². The van der Waals surface area contributed by atoms with Crippen LogP contribution in [-0.2, 0) is 9.59 Å². The van der Waals surface area contributed by atoms with Crippen LogP contribution < -0.4 is 4.90 Å². The average molecular weight is 292 g/mol. The lowest BCUT2D eigenvalue weighted by atomic mass is 10.2. The molecule has 106 valence electrons. The number of hydrogen-bond acceptors (Lipinski definition) is 4. The zero-order chi connectivity index (χ0) is 15.0. The summed E-state index contributed by atoms with van der Waals surface area (Å²) in [4.78, 5) is 25.0. The zero-order valence-corrected chi connectivity index (χ0v) is 12.0. The van der Waals surface area contributed by atoms with Crippen molar-refractivity contribution in [1.29, 1.82) is 5.26 Å². The van der Waals surface area contributed by atoms with E-state index >= 15 is 0 Å². The van der Waals surface area contributed by atoms with Crippen LogP contribution in [0.25, 0.3) is 0 Å². The SMILES string of the molecule is CCCC(=O)N(CCC(=O)O)c1ccc(SC#N)cc1. The zero-order valence-electron chi connectivity index (χ0n) is 11.2. The summed E-state index contributed by atoms with van der Waals surface area (Å²) in [5.74, 6) is -1.02. The van der Waals surface area contributed by atoms with E-state index < -0.39 is 5.97 Å². The Morgan fingerprint density at radius 3 is 2.45 bits per heavy atom. The molecule has 1 aromatic carbocycles. The molecule has 0 spiro atoms. The average Bonchev–Trinajstić information content (AvgIpc) is 2.41. The molecule has 0 heterocycles. The van der Waals surface area contributed by atoms with E-state index in [9.17, 15) is 9.59 Å². The maximum absolute atomic E-state index is 12.0. The number of carboxylic acids is 1. The van der Waals surface area contributed by atoms with Crippen molar-refractivity contribution in [2.24, 2.45) is 0 Å². The number of rotatable bonds is 7. The minimum Gasteiger partial charge on any atom is -0.481 e. The Morgan fingerprint density at radius 2 is 1.95 bits per heavy atom. The van der Waals surface area contributed by atoms with Crippen molar-refractivity contribution in [3.8, 4) is 5.40 Å². The van der Waals surface area contributed by atoms with E-state index in [2.05, 4.69) is 0 Å². The molecule has 1 rings (SSSR count). The normalized spacial score (nSPS) is 9.80. The second-order valence-corrected chi connectivity index (χ2v) is 4.98. The summed E-state index contributed by atoms with van der Waals surface area (Å²) in [6.07, 6.45) is 1.00. The first-order chi connectivity index (χ1) is 9.58. The van der Waals surface area contributed by atoms with Crippen molar-refractivity contribution in [2.45, 2.75) is 31.1 Å². The fourth-order valence-electron chi connectivity index (χ4n) is 1.70. The highest BCUT2D eigenvalue weighted by Gasteiger charge is 2.16. The fourth-order valence-corrected chi connectivity index (χ4v) is 2.08. The second-order valence-electron chi connectivity index (χ2n) is 4.13. The number of nitriles is 1. The van der Waals surface area contributed by atoms with Crippen LogP contribution in [0.2, 0.25) is 0 Å². The van der Waals surface area contributed by atoms with Crippen molar-refractivity contribution in [3.05, 3.63) is 24.3 Å². The molecule has 0 saturated carbocycles. The van der Waals surface area contributed by atoms with Crippen LogP contribution >= 0.6 is 11.8 Å². The number of thiocyanates is 1. The van der Waals surface area contributed by atoms with Gasteiger partial charge in [-0.05, 0) is 42.4 Å². The van der Waals surface area contributed by atoms with Crippen LogP contribution in [0, 0.1) is 10.7 Å². The molecule has 5 nitrogen and oxygen atoms in total. The monoisotopic (exact) mass is 292 g/mol. The van der Waals surface area contributed by atoms with Gasteiger partial charge in [0.25, 0.3) is 0 Å². The number of aliphatic carboxylic acids is 1. The Morgan fingerprint density at radius 1 is 1.30 bits per heavy atom. The van der Waals surface area contributed by atoms with Gasteiger partial charge in [0.1, 0.15) is 5.40 Å². The van der Waals surface area contributed by atoms with Gasteiger partial charge in [0.05, 0.1) is 6.42 Å². The summed E-state index contributed by atoms with van der Waals surface area (Å²) in [6, 6.07) is 6.95. The van der Waals surface area contributed by atoms with Crippen LogP contribution in [0.1, 0.15) is 26.2 Å². The molecule has 0 bridgehead atoms. The lowest BCUT2D eigenvalue weighted by molar-refractivity contribution is -0.136. The summed E-state index contributed by atoms with van der Waals surface area (Å²) >= 11 is 1.04. The van der Waals surface area contributed by atoms with Crippen LogP contribution in [-0.4, -0.2) is 23.5 Å². The Kier molecular flexibility index (Phi) is 6.60. The number of hydrogen-bond donors (Lipinski definition) is 1. The first-order valence-corrected chi connectivity index (χ1v) is 7.08. The number of anilines is 1. The highest BCUT2D eigenvalue weighted by molar-refractivity contribution is 8.03. The first kappa shape index (κ1) is 16.1. The van der Waals surface area contributed by atoms with Crippen LogP contribution in [0.3, 0.4) is 0 Å². The van der Waals surface area contributed by atoms with Gasteiger partial charge >= 0.3 is 5.97 Å². The summed E-state index contributed by atoms with van der Waals surface area (Å²) in [7, 11) is 0. The molecular weight excluding hydrogens is 276 g/mol. The molecule has 20 heavy (non-hydrogen) atoms. The highest BCUT2D eigenvalue weighted by atomic mass is 32.2. The maximum Gasteiger partial charge on any atom is 0.305 e. The van der Waals surface area contributed by atoms with E-state index in [0.29, 0.717) is 18.5 Å². The molecule has 0 unspecified atom stereocenters. The number of carbonyl (C=O) groups excluding carboxylic acids is 1. The van der Waals surface area contributed by atoms with Gasteiger partial charge in [-0.1, -0.05) is 6.92 Å². The minimum atomic E-state index is -0.934. The van der Waals surface area contributed by atoms with Gasteiger partial charge in [0.15, 0.2) is 0 Å². The molecular formula is C14H16N2O3S. The largest absolute Gasteiger partial charge is 0.481 e. The third kappa shape index (κ3) is 4.94. The van der Waals surface area contributed by atoms with Crippen molar-refractivity contribution in [3.63, 3.8) is 0 Å². The van der Waals surface area contributed by atoms with E-state index in [4.69, 9.17) is 10.4 Å². The number of benzene rings is 1. The molecule has 0 aliphatic heterocycles. The van der Waals surface area contributed by atoms with E-state index in [1.807, 2.05) is 12.3 Å². The lowest BCUT2D eigenvalue weighted by Gasteiger charge is -2.22. The third-order valence-corrected chi connectivity index (χ3v) is 3.23. The maximum atomic E-state index is 12.0. The van der Waals surface area contributed by atoms with Gasteiger partial charge in [-0.2, -0.15) is 5.26 Å². The molecule has 0 atom stereocenters. The molecule has 0 fully saturated rings. The molecule has 1 aromatic rings. The number of thioether (sulfide) groups is 1. The predicted octanol–water partition coefficient (Wildman–Crippen LogP) is 2.87. The van der Waals surface area contributed by atoms with Crippen LogP contribution in [0.15, 0.2) is 29.2 Å². The Labute approximate surface area is 122 Å². The molecule has 0 aliphatic rings. The van der Waals surface area contributed by atoms with Gasteiger partial charge in [-0.25, -0.2) is 0 Å². The first-order valence-electron chi connectivity index (χ1n) is 6.26. The summed E-state index contributed by atoms with van der Waals surface area (Å²) in [6.45, 7) is 2.05. The van der Waals surface area contributed by atoms with Crippen molar-refractivity contribution in [2.75, 3.05) is 11.4 Å². The Balaban J connectivity index is 2.88. The van der Waals surface area contributed by atoms with E-state index in [0.717, 1.165) is 16.7 Å². The Hall–Kier alpha value is -2.00. The molecule has 1 amide bonds. The summed E-state index contributed by atoms with van der Waals surface area (Å²) in [5, 5.41) is 19.3. The summed E-state index contributed by atoms with van der Waals surface area (Å²) < 4.78 is 0.